The van der Waals surface area contributed by atoms with Gasteiger partial charge in [-0.1, -0.05) is 0 Å². The lowest BCUT2D eigenvalue weighted by atomic mass is 10.4. The monoisotopic (exact) mass is 240 g/mol. The Hall–Kier alpha value is -1.60. The summed E-state index contributed by atoms with van der Waals surface area (Å²) in [6.07, 6.45) is 6.89. The third-order valence-corrected chi connectivity index (χ3v) is 3.55. The number of nitrogens with zero attached hydrogens (tertiary/aromatic N) is 1. The third-order valence-electron chi connectivity index (χ3n) is 2.09. The van der Waals surface area contributed by atoms with E-state index < -0.39 is 10.0 Å². The molecule has 0 aliphatic rings. The van der Waals surface area contributed by atoms with Crippen molar-refractivity contribution in [2.45, 2.75) is 11.3 Å². The molecule has 0 aliphatic heterocycles. The summed E-state index contributed by atoms with van der Waals surface area (Å²) in [5.74, 6) is 0.761. The van der Waals surface area contributed by atoms with E-state index in [-0.39, 0.29) is 4.90 Å². The molecular formula is C9H12N4O2S. The number of rotatable bonds is 5. The largest absolute Gasteiger partial charge is 0.366 e. The van der Waals surface area contributed by atoms with Gasteiger partial charge in [0.25, 0.3) is 0 Å². The predicted molar refractivity (Wildman–Crippen MR) is 58.3 cm³/mol. The van der Waals surface area contributed by atoms with Crippen molar-refractivity contribution < 1.29 is 8.42 Å². The molecule has 2 rings (SSSR count). The van der Waals surface area contributed by atoms with Gasteiger partial charge in [-0.25, -0.2) is 18.1 Å². The number of hydrogen-bond acceptors (Lipinski definition) is 3. The average molecular weight is 240 g/mol. The molecule has 0 radical (unpaired) electrons. The normalized spacial score (nSPS) is 11.8. The van der Waals surface area contributed by atoms with Gasteiger partial charge in [-0.3, -0.25) is 0 Å². The Morgan fingerprint density at radius 2 is 2.25 bits per heavy atom. The number of H-pyrrole nitrogens is 2. The molecule has 6 nitrogen and oxygen atoms in total. The van der Waals surface area contributed by atoms with Crippen LogP contribution in [-0.4, -0.2) is 29.9 Å². The van der Waals surface area contributed by atoms with Crippen molar-refractivity contribution in [3.63, 3.8) is 0 Å². The van der Waals surface area contributed by atoms with Gasteiger partial charge in [-0.2, -0.15) is 0 Å². The molecule has 2 aromatic rings. The van der Waals surface area contributed by atoms with Crippen LogP contribution in [0, 0.1) is 0 Å². The van der Waals surface area contributed by atoms with E-state index in [4.69, 9.17) is 0 Å². The van der Waals surface area contributed by atoms with Gasteiger partial charge in [0, 0.05) is 37.8 Å². The van der Waals surface area contributed by atoms with Crippen LogP contribution in [0.1, 0.15) is 5.82 Å². The summed E-state index contributed by atoms with van der Waals surface area (Å²) in [5, 5.41) is 0. The Morgan fingerprint density at radius 1 is 1.38 bits per heavy atom. The van der Waals surface area contributed by atoms with Gasteiger partial charge in [0.1, 0.15) is 5.82 Å². The van der Waals surface area contributed by atoms with Crippen LogP contribution >= 0.6 is 0 Å². The van der Waals surface area contributed by atoms with Crippen molar-refractivity contribution in [1.82, 2.24) is 19.7 Å². The van der Waals surface area contributed by atoms with Gasteiger partial charge in [-0.05, 0) is 6.07 Å². The Balaban J connectivity index is 1.91. The quantitative estimate of drug-likeness (QED) is 0.700. The SMILES string of the molecule is O=S(=O)(NCCc1ncc[nH]1)c1cc[nH]c1. The maximum atomic E-state index is 11.7. The average Bonchev–Trinajstić information content (AvgIpc) is 2.90. The second-order valence-electron chi connectivity index (χ2n) is 3.23. The summed E-state index contributed by atoms with van der Waals surface area (Å²) in [4.78, 5) is 9.85. The van der Waals surface area contributed by atoms with Crippen molar-refractivity contribution in [2.75, 3.05) is 6.54 Å². The van der Waals surface area contributed by atoms with Crippen molar-refractivity contribution in [3.8, 4) is 0 Å². The van der Waals surface area contributed by atoms with Crippen LogP contribution < -0.4 is 4.72 Å². The highest BCUT2D eigenvalue weighted by Crippen LogP contribution is 2.05. The highest BCUT2D eigenvalue weighted by atomic mass is 32.2. The molecule has 0 unspecified atom stereocenters. The number of imidazole rings is 1. The zero-order valence-corrected chi connectivity index (χ0v) is 9.29. The Kier molecular flexibility index (Phi) is 3.07. The molecular weight excluding hydrogens is 228 g/mol. The summed E-state index contributed by atoms with van der Waals surface area (Å²) in [6, 6.07) is 1.51. The lowest BCUT2D eigenvalue weighted by Gasteiger charge is -2.03. The van der Waals surface area contributed by atoms with E-state index in [1.54, 1.807) is 18.6 Å². The molecule has 0 fully saturated rings. The fourth-order valence-electron chi connectivity index (χ4n) is 1.30. The first-order chi connectivity index (χ1) is 7.68. The van der Waals surface area contributed by atoms with Gasteiger partial charge in [0.05, 0.1) is 4.90 Å². The lowest BCUT2D eigenvalue weighted by molar-refractivity contribution is 0.581. The van der Waals surface area contributed by atoms with Crippen LogP contribution in [0.4, 0.5) is 0 Å². The number of nitrogens with one attached hydrogen (secondary N) is 3. The summed E-state index contributed by atoms with van der Waals surface area (Å²) >= 11 is 0. The predicted octanol–water partition coefficient (Wildman–Crippen LogP) is 0.259. The molecule has 2 aromatic heterocycles. The lowest BCUT2D eigenvalue weighted by Crippen LogP contribution is -2.25. The Bertz CT molecular complexity index is 516. The maximum Gasteiger partial charge on any atom is 0.242 e. The molecule has 7 heteroatoms. The molecule has 0 bridgehead atoms. The number of aromatic nitrogens is 3. The second kappa shape index (κ2) is 4.50. The first kappa shape index (κ1) is 10.9. The van der Waals surface area contributed by atoms with Crippen molar-refractivity contribution in [3.05, 3.63) is 36.7 Å². The topological polar surface area (TPSA) is 90.6 Å². The molecule has 0 aromatic carbocycles. The standard InChI is InChI=1S/C9H12N4O2S/c14-16(15,8-1-3-10-7-8)13-4-2-9-11-5-6-12-9/h1,3,5-7,10,13H,2,4H2,(H,11,12). The first-order valence-corrected chi connectivity index (χ1v) is 6.27. The van der Waals surface area contributed by atoms with Gasteiger partial charge >= 0.3 is 0 Å². The molecule has 16 heavy (non-hydrogen) atoms. The van der Waals surface area contributed by atoms with Crippen molar-refractivity contribution in [2.24, 2.45) is 0 Å². The minimum atomic E-state index is -3.39. The van der Waals surface area contributed by atoms with E-state index in [0.29, 0.717) is 13.0 Å². The van der Waals surface area contributed by atoms with Crippen LogP contribution in [0.2, 0.25) is 0 Å². The highest BCUT2D eigenvalue weighted by molar-refractivity contribution is 7.89. The number of sulfonamides is 1. The maximum absolute atomic E-state index is 11.7. The second-order valence-corrected chi connectivity index (χ2v) is 5.00. The zero-order chi connectivity index (χ0) is 11.4. The van der Waals surface area contributed by atoms with Gasteiger partial charge in [-0.15, -0.1) is 0 Å². The third kappa shape index (κ3) is 2.50. The first-order valence-electron chi connectivity index (χ1n) is 4.79. The smallest absolute Gasteiger partial charge is 0.242 e. The minimum absolute atomic E-state index is 0.243. The van der Waals surface area contributed by atoms with E-state index in [9.17, 15) is 8.42 Å². The van der Waals surface area contributed by atoms with Gasteiger partial charge in [0.2, 0.25) is 10.0 Å². The van der Waals surface area contributed by atoms with Gasteiger partial charge < -0.3 is 9.97 Å². The summed E-state index contributed by atoms with van der Waals surface area (Å²) < 4.78 is 25.8. The van der Waals surface area contributed by atoms with Crippen LogP contribution in [0.15, 0.2) is 35.7 Å². The molecule has 0 aliphatic carbocycles. The molecule has 0 saturated carbocycles. The summed E-state index contributed by atoms with van der Waals surface area (Å²) in [5.41, 5.74) is 0. The number of hydrogen-bond donors (Lipinski definition) is 3. The van der Waals surface area contributed by atoms with Crippen LogP contribution in [-0.2, 0) is 16.4 Å². The Morgan fingerprint density at radius 3 is 2.88 bits per heavy atom. The Labute approximate surface area is 93.2 Å². The number of aromatic amines is 2. The molecule has 3 N–H and O–H groups in total. The van der Waals surface area contributed by atoms with Gasteiger partial charge in [0.15, 0.2) is 0 Å². The van der Waals surface area contributed by atoms with Crippen LogP contribution in [0.25, 0.3) is 0 Å². The fraction of sp³-hybridized carbons (Fsp3) is 0.222. The van der Waals surface area contributed by atoms with E-state index in [1.165, 1.54) is 12.3 Å². The van der Waals surface area contributed by atoms with Crippen molar-refractivity contribution in [1.29, 1.82) is 0 Å². The molecule has 0 saturated heterocycles. The van der Waals surface area contributed by atoms with E-state index in [1.807, 2.05) is 0 Å². The van der Waals surface area contributed by atoms with E-state index >= 15 is 0 Å². The fourth-order valence-corrected chi connectivity index (χ4v) is 2.31. The van der Waals surface area contributed by atoms with Crippen molar-refractivity contribution >= 4 is 10.0 Å². The molecule has 2 heterocycles. The molecule has 0 atom stereocenters. The minimum Gasteiger partial charge on any atom is -0.366 e. The zero-order valence-electron chi connectivity index (χ0n) is 8.47. The van der Waals surface area contributed by atoms with E-state index in [2.05, 4.69) is 19.7 Å². The molecule has 0 amide bonds. The van der Waals surface area contributed by atoms with E-state index in [0.717, 1.165) is 5.82 Å². The summed E-state index contributed by atoms with van der Waals surface area (Å²) in [6.45, 7) is 0.320. The highest BCUT2D eigenvalue weighted by Gasteiger charge is 2.13. The van der Waals surface area contributed by atoms with Crippen LogP contribution in [0.3, 0.4) is 0 Å². The molecule has 86 valence electrons. The molecule has 0 spiro atoms. The summed E-state index contributed by atoms with van der Waals surface area (Å²) in [7, 11) is -3.39. The van der Waals surface area contributed by atoms with Crippen LogP contribution in [0.5, 0.6) is 0 Å².